The number of sulfonamides is 1. The van der Waals surface area contributed by atoms with Crippen LogP contribution >= 0.6 is 0 Å². The fourth-order valence-electron chi connectivity index (χ4n) is 1.17. The molecule has 18 heavy (non-hydrogen) atoms. The summed E-state index contributed by atoms with van der Waals surface area (Å²) in [4.78, 5) is 6.91. The van der Waals surface area contributed by atoms with E-state index in [9.17, 15) is 17.2 Å². The molecule has 0 aliphatic rings. The van der Waals surface area contributed by atoms with Crippen LogP contribution in [-0.4, -0.2) is 18.4 Å². The van der Waals surface area contributed by atoms with Crippen LogP contribution in [0.4, 0.5) is 14.7 Å². The Morgan fingerprint density at radius 3 is 2.33 bits per heavy atom. The van der Waals surface area contributed by atoms with Gasteiger partial charge in [-0.3, -0.25) is 0 Å². The smallest absolute Gasteiger partial charge is 0.247 e. The van der Waals surface area contributed by atoms with Crippen molar-refractivity contribution >= 4 is 16.0 Å². The molecule has 1 aromatic heterocycles. The minimum absolute atomic E-state index is 0.151. The molecule has 0 fully saturated rings. The number of halogens is 2. The highest BCUT2D eigenvalue weighted by Crippen LogP contribution is 2.15. The quantitative estimate of drug-likeness (QED) is 0.919. The van der Waals surface area contributed by atoms with Gasteiger partial charge < -0.3 is 0 Å². The average molecular weight is 271 g/mol. The highest BCUT2D eigenvalue weighted by Gasteiger charge is 2.17. The van der Waals surface area contributed by atoms with Gasteiger partial charge >= 0.3 is 0 Å². The number of hydrogen-bond donors (Lipinski definition) is 1. The summed E-state index contributed by atoms with van der Waals surface area (Å²) in [6, 6.07) is 3.77. The second-order valence-corrected chi connectivity index (χ2v) is 4.94. The molecule has 0 unspecified atom stereocenters. The topological polar surface area (TPSA) is 72.0 Å². The fraction of sp³-hybridized carbons (Fsp3) is 0. The third-order valence-corrected chi connectivity index (χ3v) is 3.32. The van der Waals surface area contributed by atoms with E-state index in [0.29, 0.717) is 6.07 Å². The first-order chi connectivity index (χ1) is 8.49. The van der Waals surface area contributed by atoms with E-state index in [1.54, 1.807) is 0 Å². The van der Waals surface area contributed by atoms with Crippen molar-refractivity contribution in [1.29, 1.82) is 0 Å². The molecule has 94 valence electrons. The van der Waals surface area contributed by atoms with E-state index in [1.807, 2.05) is 4.72 Å². The number of benzene rings is 1. The van der Waals surface area contributed by atoms with Gasteiger partial charge in [-0.25, -0.2) is 31.9 Å². The van der Waals surface area contributed by atoms with E-state index in [1.165, 1.54) is 18.5 Å². The molecule has 0 saturated carbocycles. The zero-order valence-corrected chi connectivity index (χ0v) is 9.66. The lowest BCUT2D eigenvalue weighted by Gasteiger charge is -2.06. The molecule has 0 bridgehead atoms. The maximum absolute atomic E-state index is 12.9. The summed E-state index contributed by atoms with van der Waals surface area (Å²) >= 11 is 0. The van der Waals surface area contributed by atoms with Gasteiger partial charge in [0.25, 0.3) is 10.0 Å². The van der Waals surface area contributed by atoms with Crippen LogP contribution in [0, 0.1) is 11.6 Å². The minimum atomic E-state index is -4.03. The highest BCUT2D eigenvalue weighted by molar-refractivity contribution is 7.92. The van der Waals surface area contributed by atoms with E-state index in [0.717, 1.165) is 12.1 Å². The molecular formula is C10H7F2N3O2S. The van der Waals surface area contributed by atoms with Crippen molar-refractivity contribution in [2.24, 2.45) is 0 Å². The standard InChI is InChI=1S/C10H7F2N3O2S/c11-8-3-2-7(6-9(8)12)18(16,17)15-10-13-4-1-5-14-10/h1-6H,(H,13,14,15). The summed E-state index contributed by atoms with van der Waals surface area (Å²) in [5.74, 6) is -2.51. The second kappa shape index (κ2) is 4.65. The lowest BCUT2D eigenvalue weighted by Crippen LogP contribution is -2.15. The maximum Gasteiger partial charge on any atom is 0.264 e. The molecule has 8 heteroatoms. The Bertz CT molecular complexity index is 662. The molecule has 0 aliphatic heterocycles. The molecule has 1 heterocycles. The SMILES string of the molecule is O=S(=O)(Nc1ncccn1)c1ccc(F)c(F)c1. The number of nitrogens with one attached hydrogen (secondary N) is 1. The van der Waals surface area contributed by atoms with Crippen LogP contribution in [0.5, 0.6) is 0 Å². The van der Waals surface area contributed by atoms with Crippen molar-refractivity contribution < 1.29 is 17.2 Å². The highest BCUT2D eigenvalue weighted by atomic mass is 32.2. The van der Waals surface area contributed by atoms with Crippen molar-refractivity contribution in [2.75, 3.05) is 4.72 Å². The normalized spacial score (nSPS) is 11.2. The zero-order chi connectivity index (χ0) is 13.2. The first-order valence-corrected chi connectivity index (χ1v) is 6.22. The fourth-order valence-corrected chi connectivity index (χ4v) is 2.14. The van der Waals surface area contributed by atoms with Crippen molar-refractivity contribution in [3.8, 4) is 0 Å². The molecule has 2 rings (SSSR count). The van der Waals surface area contributed by atoms with Gasteiger partial charge in [0.2, 0.25) is 5.95 Å². The average Bonchev–Trinajstić information content (AvgIpc) is 2.33. The third-order valence-electron chi connectivity index (χ3n) is 1.99. The summed E-state index contributed by atoms with van der Waals surface area (Å²) in [5, 5.41) is 0. The number of aromatic nitrogens is 2. The third kappa shape index (κ3) is 2.59. The molecular weight excluding hydrogens is 264 g/mol. The first-order valence-electron chi connectivity index (χ1n) is 4.74. The van der Waals surface area contributed by atoms with Gasteiger partial charge in [0, 0.05) is 12.4 Å². The predicted octanol–water partition coefficient (Wildman–Crippen LogP) is 1.56. The monoisotopic (exact) mass is 271 g/mol. The van der Waals surface area contributed by atoms with Gasteiger partial charge in [-0.15, -0.1) is 0 Å². The van der Waals surface area contributed by atoms with Gasteiger partial charge in [0.1, 0.15) is 0 Å². The van der Waals surface area contributed by atoms with Gasteiger partial charge in [-0.05, 0) is 24.3 Å². The summed E-state index contributed by atoms with van der Waals surface area (Å²) < 4.78 is 51.3. The van der Waals surface area contributed by atoms with Crippen LogP contribution in [0.25, 0.3) is 0 Å². The number of hydrogen-bond acceptors (Lipinski definition) is 4. The van der Waals surface area contributed by atoms with Crippen LogP contribution < -0.4 is 4.72 Å². The summed E-state index contributed by atoms with van der Waals surface area (Å²) in [6.07, 6.45) is 2.69. The summed E-state index contributed by atoms with van der Waals surface area (Å²) in [6.45, 7) is 0. The molecule has 1 aromatic carbocycles. The Kier molecular flexibility index (Phi) is 3.19. The molecule has 0 aliphatic carbocycles. The second-order valence-electron chi connectivity index (χ2n) is 3.25. The van der Waals surface area contributed by atoms with E-state index in [2.05, 4.69) is 9.97 Å². The van der Waals surface area contributed by atoms with Crippen LogP contribution in [0.1, 0.15) is 0 Å². The molecule has 0 saturated heterocycles. The zero-order valence-electron chi connectivity index (χ0n) is 8.84. The van der Waals surface area contributed by atoms with Crippen molar-refractivity contribution in [1.82, 2.24) is 9.97 Å². The van der Waals surface area contributed by atoms with E-state index < -0.39 is 26.6 Å². The Morgan fingerprint density at radius 2 is 1.72 bits per heavy atom. The van der Waals surface area contributed by atoms with Crippen LogP contribution in [0.15, 0.2) is 41.6 Å². The first kappa shape index (κ1) is 12.4. The van der Waals surface area contributed by atoms with Gasteiger partial charge in [-0.2, -0.15) is 0 Å². The lowest BCUT2D eigenvalue weighted by molar-refractivity contribution is 0.504. The van der Waals surface area contributed by atoms with E-state index in [4.69, 9.17) is 0 Å². The predicted molar refractivity (Wildman–Crippen MR) is 59.2 cm³/mol. The molecule has 0 radical (unpaired) electrons. The van der Waals surface area contributed by atoms with Crippen molar-refractivity contribution in [2.45, 2.75) is 4.90 Å². The molecule has 5 nitrogen and oxygen atoms in total. The largest absolute Gasteiger partial charge is 0.264 e. The molecule has 1 N–H and O–H groups in total. The molecule has 0 spiro atoms. The summed E-state index contributed by atoms with van der Waals surface area (Å²) in [7, 11) is -4.03. The number of anilines is 1. The molecule has 0 atom stereocenters. The Labute approximate surface area is 102 Å². The lowest BCUT2D eigenvalue weighted by atomic mass is 10.3. The van der Waals surface area contributed by atoms with Crippen LogP contribution in [0.2, 0.25) is 0 Å². The van der Waals surface area contributed by atoms with Gasteiger partial charge in [0.05, 0.1) is 4.90 Å². The summed E-state index contributed by atoms with van der Waals surface area (Å²) in [5.41, 5.74) is 0. The van der Waals surface area contributed by atoms with Crippen LogP contribution in [0.3, 0.4) is 0 Å². The molecule has 2 aromatic rings. The Morgan fingerprint density at radius 1 is 1.06 bits per heavy atom. The minimum Gasteiger partial charge on any atom is -0.247 e. The van der Waals surface area contributed by atoms with Crippen molar-refractivity contribution in [3.05, 3.63) is 48.3 Å². The van der Waals surface area contributed by atoms with Crippen molar-refractivity contribution in [3.63, 3.8) is 0 Å². The number of nitrogens with zero attached hydrogens (tertiary/aromatic N) is 2. The Hall–Kier alpha value is -2.09. The number of rotatable bonds is 3. The van der Waals surface area contributed by atoms with E-state index >= 15 is 0 Å². The maximum atomic E-state index is 12.9. The van der Waals surface area contributed by atoms with E-state index in [-0.39, 0.29) is 5.95 Å². The van der Waals surface area contributed by atoms with Gasteiger partial charge in [0.15, 0.2) is 11.6 Å². The van der Waals surface area contributed by atoms with Gasteiger partial charge in [-0.1, -0.05) is 0 Å². The van der Waals surface area contributed by atoms with Crippen LogP contribution in [-0.2, 0) is 10.0 Å². The molecule has 0 amide bonds. The Balaban J connectivity index is 2.34.